The van der Waals surface area contributed by atoms with E-state index in [1.165, 1.54) is 12.8 Å². The number of hydrogen-bond donors (Lipinski definition) is 1. The molecule has 1 saturated heterocycles. The van der Waals surface area contributed by atoms with Gasteiger partial charge >= 0.3 is 0 Å². The van der Waals surface area contributed by atoms with E-state index in [9.17, 15) is 0 Å². The predicted octanol–water partition coefficient (Wildman–Crippen LogP) is 2.86. The van der Waals surface area contributed by atoms with Gasteiger partial charge in [0.05, 0.1) is 19.0 Å². The van der Waals surface area contributed by atoms with Gasteiger partial charge in [-0.2, -0.15) is 10.1 Å². The minimum atomic E-state index is 0.674. The maximum Gasteiger partial charge on any atom is 0.247 e. The van der Waals surface area contributed by atoms with E-state index in [0.717, 1.165) is 30.4 Å². The van der Waals surface area contributed by atoms with Crippen LogP contribution in [0.4, 0.5) is 17.5 Å². The average molecular weight is 299 g/mol. The number of nitrogens with one attached hydrogen (secondary N) is 1. The fourth-order valence-corrected chi connectivity index (χ4v) is 2.58. The highest BCUT2D eigenvalue weighted by Crippen LogP contribution is 2.26. The Morgan fingerprint density at radius 2 is 2.00 bits per heavy atom. The third-order valence-electron chi connectivity index (χ3n) is 3.98. The molecule has 1 N–H and O–H groups in total. The van der Waals surface area contributed by atoms with Crippen molar-refractivity contribution in [1.82, 2.24) is 15.2 Å². The monoisotopic (exact) mass is 299 g/mol. The number of anilines is 3. The summed E-state index contributed by atoms with van der Waals surface area (Å²) in [4.78, 5) is 6.77. The topological polar surface area (TPSA) is 63.2 Å². The predicted molar refractivity (Wildman–Crippen MR) is 86.7 cm³/mol. The van der Waals surface area contributed by atoms with Crippen LogP contribution in [-0.4, -0.2) is 35.4 Å². The molecule has 1 aliphatic rings. The smallest absolute Gasteiger partial charge is 0.247 e. The van der Waals surface area contributed by atoms with Gasteiger partial charge in [-0.1, -0.05) is 19.1 Å². The van der Waals surface area contributed by atoms with Crippen LogP contribution in [0.2, 0.25) is 0 Å². The molecule has 1 aromatic heterocycles. The van der Waals surface area contributed by atoms with Gasteiger partial charge in [-0.15, -0.1) is 5.10 Å². The minimum Gasteiger partial charge on any atom is -0.495 e. The van der Waals surface area contributed by atoms with Crippen molar-refractivity contribution < 1.29 is 4.74 Å². The summed E-state index contributed by atoms with van der Waals surface area (Å²) in [5.41, 5.74) is 0.865. The average Bonchev–Trinajstić information content (AvgIpc) is 2.56. The minimum absolute atomic E-state index is 0.674. The Hall–Kier alpha value is -2.37. The van der Waals surface area contributed by atoms with Gasteiger partial charge in [0, 0.05) is 13.1 Å². The standard InChI is InChI=1S/C16H21N5O/c1-12-7-9-21(10-8-12)16-19-15(11-17-20-16)18-13-5-3-4-6-14(13)22-2/h3-6,11-12H,7-10H2,1-2H3,(H,18,19,20). The molecular formula is C16H21N5O. The van der Waals surface area contributed by atoms with E-state index in [4.69, 9.17) is 4.74 Å². The first-order valence-electron chi connectivity index (χ1n) is 7.61. The normalized spacial score (nSPS) is 15.6. The van der Waals surface area contributed by atoms with Crippen LogP contribution in [0.1, 0.15) is 19.8 Å². The molecule has 1 aromatic carbocycles. The third kappa shape index (κ3) is 3.27. The number of aromatic nitrogens is 3. The fraction of sp³-hybridized carbons (Fsp3) is 0.438. The molecule has 2 heterocycles. The van der Waals surface area contributed by atoms with E-state index in [1.807, 2.05) is 24.3 Å². The summed E-state index contributed by atoms with van der Waals surface area (Å²) in [7, 11) is 1.65. The summed E-state index contributed by atoms with van der Waals surface area (Å²) in [5.74, 6) is 2.91. The molecule has 6 heteroatoms. The van der Waals surface area contributed by atoms with Gasteiger partial charge in [0.25, 0.3) is 0 Å². The zero-order chi connectivity index (χ0) is 15.4. The number of para-hydroxylation sites is 2. The quantitative estimate of drug-likeness (QED) is 0.936. The van der Waals surface area contributed by atoms with Gasteiger partial charge in [-0.3, -0.25) is 0 Å². The Bertz CT molecular complexity index is 625. The molecule has 1 aliphatic heterocycles. The molecule has 0 bridgehead atoms. The number of piperidine rings is 1. The summed E-state index contributed by atoms with van der Waals surface area (Å²) < 4.78 is 5.34. The zero-order valence-electron chi connectivity index (χ0n) is 13.0. The van der Waals surface area contributed by atoms with E-state index in [1.54, 1.807) is 13.3 Å². The van der Waals surface area contributed by atoms with E-state index >= 15 is 0 Å². The molecule has 0 atom stereocenters. The second kappa shape index (κ2) is 6.60. The van der Waals surface area contributed by atoms with Crippen molar-refractivity contribution in [1.29, 1.82) is 0 Å². The highest BCUT2D eigenvalue weighted by atomic mass is 16.5. The van der Waals surface area contributed by atoms with E-state index < -0.39 is 0 Å². The summed E-state index contributed by atoms with van der Waals surface area (Å²) in [6.45, 7) is 4.26. The molecule has 0 amide bonds. The van der Waals surface area contributed by atoms with Crippen molar-refractivity contribution in [2.75, 3.05) is 30.4 Å². The first-order chi connectivity index (χ1) is 10.8. The lowest BCUT2D eigenvalue weighted by molar-refractivity contribution is 0.417. The largest absolute Gasteiger partial charge is 0.495 e. The Balaban J connectivity index is 1.76. The molecule has 0 radical (unpaired) electrons. The lowest BCUT2D eigenvalue weighted by atomic mass is 10.00. The number of ether oxygens (including phenoxy) is 1. The van der Waals surface area contributed by atoms with E-state index in [2.05, 4.69) is 32.3 Å². The number of nitrogens with zero attached hydrogens (tertiary/aromatic N) is 4. The van der Waals surface area contributed by atoms with Crippen molar-refractivity contribution in [2.24, 2.45) is 5.92 Å². The van der Waals surface area contributed by atoms with Gasteiger partial charge in [-0.05, 0) is 30.9 Å². The highest BCUT2D eigenvalue weighted by Gasteiger charge is 2.18. The number of rotatable bonds is 4. The van der Waals surface area contributed by atoms with Gasteiger partial charge in [0.1, 0.15) is 5.75 Å². The highest BCUT2D eigenvalue weighted by molar-refractivity contribution is 5.63. The Kier molecular flexibility index (Phi) is 4.37. The van der Waals surface area contributed by atoms with Crippen molar-refractivity contribution in [3.63, 3.8) is 0 Å². The second-order valence-corrected chi connectivity index (χ2v) is 5.64. The first kappa shape index (κ1) is 14.6. The number of methoxy groups -OCH3 is 1. The molecule has 0 spiro atoms. The van der Waals surface area contributed by atoms with Crippen LogP contribution in [0.15, 0.2) is 30.5 Å². The van der Waals surface area contributed by atoms with Gasteiger partial charge in [0.2, 0.25) is 5.95 Å². The molecule has 1 fully saturated rings. The fourth-order valence-electron chi connectivity index (χ4n) is 2.58. The lowest BCUT2D eigenvalue weighted by Crippen LogP contribution is -2.34. The van der Waals surface area contributed by atoms with Crippen LogP contribution < -0.4 is 15.0 Å². The zero-order valence-corrected chi connectivity index (χ0v) is 13.0. The second-order valence-electron chi connectivity index (χ2n) is 5.64. The van der Waals surface area contributed by atoms with Crippen LogP contribution in [0.25, 0.3) is 0 Å². The summed E-state index contributed by atoms with van der Waals surface area (Å²) in [5, 5.41) is 11.5. The van der Waals surface area contributed by atoms with Crippen LogP contribution >= 0.6 is 0 Å². The first-order valence-corrected chi connectivity index (χ1v) is 7.61. The molecule has 0 saturated carbocycles. The van der Waals surface area contributed by atoms with Crippen molar-refractivity contribution >= 4 is 17.5 Å². The van der Waals surface area contributed by atoms with Crippen LogP contribution in [0, 0.1) is 5.92 Å². The molecule has 0 aliphatic carbocycles. The molecule has 2 aromatic rings. The number of hydrogen-bond acceptors (Lipinski definition) is 6. The van der Waals surface area contributed by atoms with Gasteiger partial charge in [-0.25, -0.2) is 0 Å². The third-order valence-corrected chi connectivity index (χ3v) is 3.98. The summed E-state index contributed by atoms with van der Waals surface area (Å²) in [6.07, 6.45) is 3.98. The Morgan fingerprint density at radius 3 is 2.77 bits per heavy atom. The van der Waals surface area contributed by atoms with Crippen LogP contribution in [0.5, 0.6) is 5.75 Å². The van der Waals surface area contributed by atoms with Crippen molar-refractivity contribution in [3.05, 3.63) is 30.5 Å². The van der Waals surface area contributed by atoms with E-state index in [-0.39, 0.29) is 0 Å². The number of benzene rings is 1. The lowest BCUT2D eigenvalue weighted by Gasteiger charge is -2.29. The summed E-state index contributed by atoms with van der Waals surface area (Å²) >= 11 is 0. The van der Waals surface area contributed by atoms with Gasteiger partial charge < -0.3 is 15.0 Å². The molecule has 3 rings (SSSR count). The molecule has 116 valence electrons. The van der Waals surface area contributed by atoms with Crippen LogP contribution in [0.3, 0.4) is 0 Å². The Labute approximate surface area is 130 Å². The van der Waals surface area contributed by atoms with Crippen molar-refractivity contribution in [3.8, 4) is 5.75 Å². The van der Waals surface area contributed by atoms with Crippen LogP contribution in [-0.2, 0) is 0 Å². The van der Waals surface area contributed by atoms with Gasteiger partial charge in [0.15, 0.2) is 5.82 Å². The van der Waals surface area contributed by atoms with Crippen molar-refractivity contribution in [2.45, 2.75) is 19.8 Å². The molecule has 0 unspecified atom stereocenters. The van der Waals surface area contributed by atoms with E-state index in [0.29, 0.717) is 11.8 Å². The maximum atomic E-state index is 5.34. The maximum absolute atomic E-state index is 5.34. The Morgan fingerprint density at radius 1 is 1.23 bits per heavy atom. The molecule has 22 heavy (non-hydrogen) atoms. The molecular weight excluding hydrogens is 278 g/mol. The SMILES string of the molecule is COc1ccccc1Nc1cnnc(N2CCC(C)CC2)n1. The molecule has 6 nitrogen and oxygen atoms in total. The summed E-state index contributed by atoms with van der Waals surface area (Å²) in [6, 6.07) is 7.74.